The Labute approximate surface area is 71.9 Å². The lowest BCUT2D eigenvalue weighted by molar-refractivity contribution is -0.138. The first-order valence-electron chi connectivity index (χ1n) is 4.60. The van der Waals surface area contributed by atoms with Gasteiger partial charge in [0.05, 0.1) is 6.42 Å². The first-order valence-corrected chi connectivity index (χ1v) is 4.60. The number of nitrogens with two attached hydrogens (primary N) is 1. The third kappa shape index (κ3) is 1.22. The molecular weight excluding hydrogens is 154 g/mol. The van der Waals surface area contributed by atoms with E-state index < -0.39 is 5.97 Å². The fourth-order valence-corrected chi connectivity index (χ4v) is 2.75. The number of carboxylic acid groups (broad SMARTS) is 1. The van der Waals surface area contributed by atoms with Crippen molar-refractivity contribution in [2.75, 3.05) is 0 Å². The third-order valence-electron chi connectivity index (χ3n) is 3.42. The minimum absolute atomic E-state index is 0.153. The van der Waals surface area contributed by atoms with Crippen molar-refractivity contribution in [1.82, 2.24) is 0 Å². The molecule has 2 aliphatic carbocycles. The van der Waals surface area contributed by atoms with Gasteiger partial charge in [-0.1, -0.05) is 0 Å². The monoisotopic (exact) mass is 169 g/mol. The maximum absolute atomic E-state index is 10.5. The van der Waals surface area contributed by atoms with E-state index in [2.05, 4.69) is 0 Å². The highest BCUT2D eigenvalue weighted by molar-refractivity contribution is 5.68. The summed E-state index contributed by atoms with van der Waals surface area (Å²) < 4.78 is 0. The summed E-state index contributed by atoms with van der Waals surface area (Å²) in [5.74, 6) is 0.738. The second-order valence-electron chi connectivity index (χ2n) is 4.44. The van der Waals surface area contributed by atoms with Crippen LogP contribution in [-0.2, 0) is 4.79 Å². The Morgan fingerprint density at radius 3 is 2.25 bits per heavy atom. The van der Waals surface area contributed by atoms with Crippen LogP contribution in [0.2, 0.25) is 0 Å². The van der Waals surface area contributed by atoms with Crippen molar-refractivity contribution in [2.45, 2.75) is 37.6 Å². The van der Waals surface area contributed by atoms with Crippen LogP contribution >= 0.6 is 0 Å². The molecule has 0 aromatic heterocycles. The van der Waals surface area contributed by atoms with Gasteiger partial charge in [-0.15, -0.1) is 0 Å². The Hall–Kier alpha value is -0.570. The lowest BCUT2D eigenvalue weighted by Crippen LogP contribution is -2.39. The van der Waals surface area contributed by atoms with E-state index in [-0.39, 0.29) is 12.0 Å². The number of rotatable bonds is 2. The van der Waals surface area contributed by atoms with E-state index in [4.69, 9.17) is 10.8 Å². The van der Waals surface area contributed by atoms with Gasteiger partial charge in [-0.2, -0.15) is 0 Å². The molecule has 0 heterocycles. The molecule has 0 bridgehead atoms. The average molecular weight is 169 g/mol. The zero-order chi connectivity index (χ0) is 8.77. The van der Waals surface area contributed by atoms with E-state index in [0.717, 1.165) is 24.7 Å². The molecule has 0 spiro atoms. The summed E-state index contributed by atoms with van der Waals surface area (Å²) in [5, 5.41) is 8.65. The summed E-state index contributed by atoms with van der Waals surface area (Å²) in [5.41, 5.74) is 5.62. The normalized spacial score (nSPS) is 45.1. The number of hydrogen-bond acceptors (Lipinski definition) is 2. The van der Waals surface area contributed by atoms with Gasteiger partial charge in [0.1, 0.15) is 0 Å². The van der Waals surface area contributed by atoms with E-state index in [1.165, 1.54) is 12.8 Å². The Morgan fingerprint density at radius 2 is 1.92 bits per heavy atom. The molecule has 0 aliphatic heterocycles. The molecule has 68 valence electrons. The minimum Gasteiger partial charge on any atom is -0.481 e. The molecule has 3 N–H and O–H groups in total. The summed E-state index contributed by atoms with van der Waals surface area (Å²) in [6.07, 6.45) is 4.56. The molecule has 0 aromatic rings. The summed E-state index contributed by atoms with van der Waals surface area (Å²) in [4.78, 5) is 10.5. The zero-order valence-corrected chi connectivity index (χ0v) is 7.12. The van der Waals surface area contributed by atoms with Crippen LogP contribution in [0.4, 0.5) is 0 Å². The van der Waals surface area contributed by atoms with E-state index in [1.807, 2.05) is 0 Å². The predicted molar refractivity (Wildman–Crippen MR) is 44.6 cm³/mol. The summed E-state index contributed by atoms with van der Waals surface area (Å²) in [7, 11) is 0. The summed E-state index contributed by atoms with van der Waals surface area (Å²) in [6, 6.07) is 0. The van der Waals surface area contributed by atoms with Gasteiger partial charge in [0, 0.05) is 5.54 Å². The number of aliphatic carboxylic acids is 1. The highest BCUT2D eigenvalue weighted by atomic mass is 16.4. The van der Waals surface area contributed by atoms with Crippen LogP contribution in [0, 0.1) is 11.8 Å². The fraction of sp³-hybridized carbons (Fsp3) is 0.889. The van der Waals surface area contributed by atoms with Gasteiger partial charge in [0.2, 0.25) is 0 Å². The van der Waals surface area contributed by atoms with Gasteiger partial charge in [-0.3, -0.25) is 4.79 Å². The Bertz CT molecular complexity index is 203. The highest BCUT2D eigenvalue weighted by Gasteiger charge is 2.47. The molecule has 2 saturated carbocycles. The first-order chi connectivity index (χ1) is 5.59. The Balaban J connectivity index is 1.98. The van der Waals surface area contributed by atoms with E-state index in [9.17, 15) is 4.79 Å². The Kier molecular flexibility index (Phi) is 1.65. The van der Waals surface area contributed by atoms with Gasteiger partial charge in [-0.05, 0) is 37.5 Å². The molecule has 2 atom stereocenters. The SMILES string of the molecule is NC1(CC(=O)O)CC2CCC2C1. The molecule has 12 heavy (non-hydrogen) atoms. The maximum atomic E-state index is 10.5. The molecule has 2 rings (SSSR count). The quantitative estimate of drug-likeness (QED) is 0.647. The average Bonchev–Trinajstić information content (AvgIpc) is 2.11. The molecule has 2 fully saturated rings. The Morgan fingerprint density at radius 1 is 1.42 bits per heavy atom. The van der Waals surface area contributed by atoms with E-state index in [0.29, 0.717) is 0 Å². The predicted octanol–water partition coefficient (Wildman–Crippen LogP) is 0.979. The third-order valence-corrected chi connectivity index (χ3v) is 3.42. The zero-order valence-electron chi connectivity index (χ0n) is 7.12. The second kappa shape index (κ2) is 2.46. The minimum atomic E-state index is -0.751. The van der Waals surface area contributed by atoms with E-state index in [1.54, 1.807) is 0 Å². The van der Waals surface area contributed by atoms with Crippen molar-refractivity contribution in [1.29, 1.82) is 0 Å². The van der Waals surface area contributed by atoms with Crippen LogP contribution in [-0.4, -0.2) is 16.6 Å². The van der Waals surface area contributed by atoms with Gasteiger partial charge < -0.3 is 10.8 Å². The lowest BCUT2D eigenvalue weighted by Gasteiger charge is -2.29. The number of fused-ring (bicyclic) bond motifs is 1. The molecule has 2 unspecified atom stereocenters. The fourth-order valence-electron chi connectivity index (χ4n) is 2.75. The van der Waals surface area contributed by atoms with Crippen molar-refractivity contribution < 1.29 is 9.90 Å². The molecule has 3 heteroatoms. The largest absolute Gasteiger partial charge is 0.481 e. The van der Waals surface area contributed by atoms with Crippen LogP contribution < -0.4 is 5.73 Å². The van der Waals surface area contributed by atoms with Crippen molar-refractivity contribution in [3.05, 3.63) is 0 Å². The molecule has 0 amide bonds. The lowest BCUT2D eigenvalue weighted by atomic mass is 9.77. The number of carboxylic acids is 1. The van der Waals surface area contributed by atoms with Crippen LogP contribution in [0.3, 0.4) is 0 Å². The standard InChI is InChI=1S/C9H15NO2/c10-9(5-8(11)12)3-6-1-2-7(6)4-9/h6-7H,1-5,10H2,(H,11,12). The van der Waals surface area contributed by atoms with Gasteiger partial charge >= 0.3 is 5.97 Å². The van der Waals surface area contributed by atoms with Crippen LogP contribution in [0.15, 0.2) is 0 Å². The molecule has 3 nitrogen and oxygen atoms in total. The van der Waals surface area contributed by atoms with Gasteiger partial charge in [0.25, 0.3) is 0 Å². The summed E-state index contributed by atoms with van der Waals surface area (Å²) in [6.45, 7) is 0. The topological polar surface area (TPSA) is 63.3 Å². The molecule has 2 aliphatic rings. The molecule has 0 aromatic carbocycles. The number of hydrogen-bond donors (Lipinski definition) is 2. The van der Waals surface area contributed by atoms with E-state index >= 15 is 0 Å². The smallest absolute Gasteiger partial charge is 0.305 e. The molecular formula is C9H15NO2. The van der Waals surface area contributed by atoms with Crippen LogP contribution in [0.5, 0.6) is 0 Å². The van der Waals surface area contributed by atoms with Gasteiger partial charge in [-0.25, -0.2) is 0 Å². The molecule has 0 radical (unpaired) electrons. The maximum Gasteiger partial charge on any atom is 0.305 e. The van der Waals surface area contributed by atoms with Crippen molar-refractivity contribution in [3.63, 3.8) is 0 Å². The highest BCUT2D eigenvalue weighted by Crippen LogP contribution is 2.51. The summed E-state index contributed by atoms with van der Waals surface area (Å²) >= 11 is 0. The number of carbonyl (C=O) groups is 1. The van der Waals surface area contributed by atoms with Crippen LogP contribution in [0.25, 0.3) is 0 Å². The van der Waals surface area contributed by atoms with Crippen molar-refractivity contribution in [3.8, 4) is 0 Å². The van der Waals surface area contributed by atoms with Gasteiger partial charge in [0.15, 0.2) is 0 Å². The van der Waals surface area contributed by atoms with Crippen LogP contribution in [0.1, 0.15) is 32.1 Å². The first kappa shape index (κ1) is 8.05. The molecule has 0 saturated heterocycles. The second-order valence-corrected chi connectivity index (χ2v) is 4.44. The van der Waals surface area contributed by atoms with Crippen molar-refractivity contribution >= 4 is 5.97 Å². The van der Waals surface area contributed by atoms with Crippen molar-refractivity contribution in [2.24, 2.45) is 17.6 Å².